The molecule has 1 aliphatic carbocycles. The fraction of sp³-hybridized carbons (Fsp3) is 0.314. The number of benzene rings is 3. The Morgan fingerprint density at radius 1 is 0.950 bits per heavy atom. The van der Waals surface area contributed by atoms with Crippen molar-refractivity contribution in [2.45, 2.75) is 72.1 Å². The largest absolute Gasteiger partial charge is 0.512 e. The van der Waals surface area contributed by atoms with Crippen LogP contribution in [0.25, 0.3) is 42.2 Å². The van der Waals surface area contributed by atoms with Crippen molar-refractivity contribution in [3.63, 3.8) is 0 Å². The van der Waals surface area contributed by atoms with E-state index in [1.165, 1.54) is 80.4 Å². The molecule has 2 heterocycles. The summed E-state index contributed by atoms with van der Waals surface area (Å²) >= 11 is 1.89. The minimum atomic E-state index is -0.125. The van der Waals surface area contributed by atoms with Gasteiger partial charge >= 0.3 is 0 Å². The van der Waals surface area contributed by atoms with Gasteiger partial charge in [0, 0.05) is 47.5 Å². The first kappa shape index (κ1) is 30.1. The molecule has 3 nitrogen and oxygen atoms in total. The van der Waals surface area contributed by atoms with Gasteiger partial charge in [0.15, 0.2) is 5.78 Å². The van der Waals surface area contributed by atoms with E-state index in [4.69, 9.17) is 10.1 Å². The summed E-state index contributed by atoms with van der Waals surface area (Å²) in [4.78, 5) is 14.9. The van der Waals surface area contributed by atoms with Gasteiger partial charge in [0.1, 0.15) is 0 Å². The van der Waals surface area contributed by atoms with Crippen LogP contribution in [0.2, 0.25) is 0 Å². The van der Waals surface area contributed by atoms with Gasteiger partial charge in [0.25, 0.3) is 0 Å². The van der Waals surface area contributed by atoms with E-state index in [9.17, 15) is 4.79 Å². The standard InChI is InChI=1S/C30H28NS.C5H8O2.Ir/c1-18-10-11-21(20-9-7-6-8-19(18)20)27-28-22(12-15-31-27)23-16-24-25(17-26(23)32-28)30(4,5)14-13-29(24,2)3;1-4(6)3-5(2)7;/h6-10,12,15-17H,13-14H2,1-5H3;3,6H,1-2H3;/q-1;;/b;4-3-;. The third-order valence-electron chi connectivity index (χ3n) is 8.06. The van der Waals surface area contributed by atoms with Crippen molar-refractivity contribution >= 4 is 48.1 Å². The average molecular weight is 727 g/mol. The van der Waals surface area contributed by atoms with Crippen LogP contribution in [0, 0.1) is 13.0 Å². The van der Waals surface area contributed by atoms with E-state index >= 15 is 0 Å². The summed E-state index contributed by atoms with van der Waals surface area (Å²) in [5.74, 6) is -0.0625. The van der Waals surface area contributed by atoms with E-state index < -0.39 is 0 Å². The molecular formula is C35H36IrNO2S-. The SMILES string of the molecule is CC(=O)/C=C(/C)O.Cc1c[c-]c(-c2nccc3c2sc2cc4c(cc23)C(C)(C)CCC4(C)C)c2ccccc12.[Ir]. The Kier molecular flexibility index (Phi) is 8.43. The van der Waals surface area contributed by atoms with Crippen molar-refractivity contribution in [1.29, 1.82) is 0 Å². The predicted molar refractivity (Wildman–Crippen MR) is 166 cm³/mol. The number of carbonyl (C=O) groups excluding carboxylic acids is 1. The zero-order valence-corrected chi connectivity index (χ0v) is 27.4. The van der Waals surface area contributed by atoms with Crippen LogP contribution in [0.5, 0.6) is 0 Å². The number of fused-ring (bicyclic) bond motifs is 5. The maximum absolute atomic E-state index is 10.0. The van der Waals surface area contributed by atoms with Gasteiger partial charge < -0.3 is 10.1 Å². The van der Waals surface area contributed by atoms with Gasteiger partial charge in [-0.05, 0) is 77.6 Å². The summed E-state index contributed by atoms with van der Waals surface area (Å²) in [5.41, 5.74) is 6.89. The number of thiophene rings is 1. The van der Waals surface area contributed by atoms with Crippen LogP contribution >= 0.6 is 11.3 Å². The molecule has 0 saturated carbocycles. The first-order chi connectivity index (χ1) is 18.4. The second-order valence-electron chi connectivity index (χ2n) is 12.1. The van der Waals surface area contributed by atoms with Gasteiger partial charge in [-0.1, -0.05) is 69.7 Å². The topological polar surface area (TPSA) is 50.2 Å². The minimum Gasteiger partial charge on any atom is -0.512 e. The molecule has 40 heavy (non-hydrogen) atoms. The van der Waals surface area contributed by atoms with E-state index in [2.05, 4.69) is 89.2 Å². The predicted octanol–water partition coefficient (Wildman–Crippen LogP) is 9.76. The summed E-state index contributed by atoms with van der Waals surface area (Å²) in [7, 11) is 0. The molecule has 5 heteroatoms. The number of hydrogen-bond donors (Lipinski definition) is 1. The van der Waals surface area contributed by atoms with Crippen LogP contribution in [0.15, 0.2) is 66.6 Å². The summed E-state index contributed by atoms with van der Waals surface area (Å²) in [6, 6.07) is 21.5. The molecule has 0 aliphatic heterocycles. The Balaban J connectivity index is 0.000000413. The third-order valence-corrected chi connectivity index (χ3v) is 9.24. The first-order valence-corrected chi connectivity index (χ1v) is 14.4. The zero-order chi connectivity index (χ0) is 28.1. The number of carbonyl (C=O) groups is 1. The Bertz CT molecular complexity index is 1770. The molecule has 0 fully saturated rings. The van der Waals surface area contributed by atoms with E-state index in [1.807, 2.05) is 17.5 Å². The molecule has 209 valence electrons. The number of nitrogens with zero attached hydrogens (tertiary/aromatic N) is 1. The molecule has 0 atom stereocenters. The molecule has 0 saturated heterocycles. The molecule has 1 N–H and O–H groups in total. The third kappa shape index (κ3) is 5.52. The fourth-order valence-electron chi connectivity index (χ4n) is 5.81. The molecule has 6 rings (SSSR count). The van der Waals surface area contributed by atoms with Crippen LogP contribution < -0.4 is 0 Å². The van der Waals surface area contributed by atoms with E-state index in [-0.39, 0.29) is 42.5 Å². The molecule has 0 unspecified atom stereocenters. The Morgan fingerprint density at radius 3 is 2.17 bits per heavy atom. The molecule has 5 aromatic rings. The number of hydrogen-bond acceptors (Lipinski definition) is 4. The van der Waals surface area contributed by atoms with E-state index in [0.29, 0.717) is 0 Å². The van der Waals surface area contributed by atoms with Gasteiger partial charge in [0.2, 0.25) is 0 Å². The second kappa shape index (κ2) is 11.2. The number of aromatic nitrogens is 1. The average Bonchev–Trinajstić information content (AvgIpc) is 3.24. The molecule has 0 spiro atoms. The van der Waals surface area contributed by atoms with Gasteiger partial charge in [-0.2, -0.15) is 0 Å². The van der Waals surface area contributed by atoms with E-state index in [1.54, 1.807) is 0 Å². The van der Waals surface area contributed by atoms with Crippen molar-refractivity contribution in [2.24, 2.45) is 0 Å². The van der Waals surface area contributed by atoms with Crippen molar-refractivity contribution < 1.29 is 30.0 Å². The molecule has 0 amide bonds. The first-order valence-electron chi connectivity index (χ1n) is 13.5. The molecule has 1 radical (unpaired) electrons. The Hall–Kier alpha value is -2.85. The number of allylic oxidation sites excluding steroid dienone is 2. The van der Waals surface area contributed by atoms with Gasteiger partial charge in [0.05, 0.1) is 5.76 Å². The van der Waals surface area contributed by atoms with Crippen LogP contribution in [-0.4, -0.2) is 15.9 Å². The molecule has 2 aromatic heterocycles. The van der Waals surface area contributed by atoms with Crippen LogP contribution in [-0.2, 0) is 35.7 Å². The summed E-state index contributed by atoms with van der Waals surface area (Å²) in [5, 5.41) is 13.6. The van der Waals surface area contributed by atoms with Gasteiger partial charge in [-0.3, -0.25) is 4.79 Å². The quantitative estimate of drug-likeness (QED) is 0.112. The second-order valence-corrected chi connectivity index (χ2v) is 13.1. The molecule has 3 aromatic carbocycles. The number of pyridine rings is 1. The van der Waals surface area contributed by atoms with Crippen molar-refractivity contribution in [3.8, 4) is 11.3 Å². The normalized spacial score (nSPS) is 15.7. The van der Waals surface area contributed by atoms with Crippen molar-refractivity contribution in [3.05, 3.63) is 89.3 Å². The van der Waals surface area contributed by atoms with E-state index in [0.717, 1.165) is 11.3 Å². The summed E-state index contributed by atoms with van der Waals surface area (Å²) < 4.78 is 2.64. The van der Waals surface area contributed by atoms with Crippen molar-refractivity contribution in [1.82, 2.24) is 4.98 Å². The zero-order valence-electron chi connectivity index (χ0n) is 24.2. The molecular weight excluding hydrogens is 691 g/mol. The summed E-state index contributed by atoms with van der Waals surface area (Å²) in [6.45, 7) is 14.6. The van der Waals surface area contributed by atoms with Crippen LogP contribution in [0.3, 0.4) is 0 Å². The minimum absolute atomic E-state index is 0. The fourth-order valence-corrected chi connectivity index (χ4v) is 7.03. The number of rotatable bonds is 2. The monoisotopic (exact) mass is 727 g/mol. The Morgan fingerprint density at radius 2 is 1.57 bits per heavy atom. The number of aliphatic hydroxyl groups is 1. The molecule has 0 bridgehead atoms. The van der Waals surface area contributed by atoms with Gasteiger partial charge in [-0.25, -0.2) is 0 Å². The van der Waals surface area contributed by atoms with Crippen LogP contribution in [0.4, 0.5) is 0 Å². The number of aliphatic hydroxyl groups excluding tert-OH is 1. The summed E-state index contributed by atoms with van der Waals surface area (Å²) in [6.07, 6.45) is 5.61. The number of ketones is 1. The van der Waals surface area contributed by atoms with Crippen molar-refractivity contribution in [2.75, 3.05) is 0 Å². The Labute approximate surface area is 254 Å². The maximum Gasteiger partial charge on any atom is 0.155 e. The smallest absolute Gasteiger partial charge is 0.155 e. The maximum atomic E-state index is 10.0. The van der Waals surface area contributed by atoms with Crippen LogP contribution in [0.1, 0.15) is 71.1 Å². The van der Waals surface area contributed by atoms with Gasteiger partial charge in [-0.15, -0.1) is 34.6 Å². The number of aryl methyl sites for hydroxylation is 1. The molecule has 1 aliphatic rings.